The monoisotopic (exact) mass is 380 g/mol. The number of aromatic amines is 1. The zero-order chi connectivity index (χ0) is 16.4. The number of aromatic hydroxyl groups is 2. The summed E-state index contributed by atoms with van der Waals surface area (Å²) in [4.78, 5) is 7.29. The summed E-state index contributed by atoms with van der Waals surface area (Å²) in [6.07, 6.45) is 2.00. The van der Waals surface area contributed by atoms with Gasteiger partial charge in [0.15, 0.2) is 8.29 Å². The van der Waals surface area contributed by atoms with Crippen molar-refractivity contribution in [3.8, 4) is 11.5 Å². The van der Waals surface area contributed by atoms with E-state index >= 15 is 0 Å². The van der Waals surface area contributed by atoms with Gasteiger partial charge >= 0.3 is 0 Å². The maximum atomic E-state index is 9.17. The molecule has 118 valence electrons. The van der Waals surface area contributed by atoms with Crippen molar-refractivity contribution in [3.63, 3.8) is 0 Å². The van der Waals surface area contributed by atoms with Crippen LogP contribution in [0, 0.1) is 3.95 Å². The third-order valence-corrected chi connectivity index (χ3v) is 6.17. The smallest absolute Gasteiger partial charge is 0.159 e. The van der Waals surface area contributed by atoms with Crippen LogP contribution >= 0.6 is 46.7 Å². The number of hydrogen-bond acceptors (Lipinski definition) is 7. The molecule has 8 heteroatoms. The second-order valence-electron chi connectivity index (χ2n) is 4.53. The lowest BCUT2D eigenvalue weighted by Crippen LogP contribution is -1.67. The highest BCUT2D eigenvalue weighted by atomic mass is 32.2. The first-order valence-corrected chi connectivity index (χ1v) is 9.77. The number of phenolic OH excluding ortho intramolecular Hbond substituents is 2. The third-order valence-electron chi connectivity index (χ3n) is 2.93. The van der Waals surface area contributed by atoms with Crippen molar-refractivity contribution in [1.29, 1.82) is 0 Å². The minimum absolute atomic E-state index is 0.265. The Morgan fingerprint density at radius 2 is 1.74 bits per heavy atom. The van der Waals surface area contributed by atoms with Crippen LogP contribution in [0.1, 0.15) is 0 Å². The summed E-state index contributed by atoms with van der Waals surface area (Å²) in [6.45, 7) is 0. The average Bonchev–Trinajstić information content (AvgIpc) is 3.08. The molecule has 0 unspecified atom stereocenters. The molecule has 0 fully saturated rings. The van der Waals surface area contributed by atoms with E-state index in [-0.39, 0.29) is 11.5 Å². The van der Waals surface area contributed by atoms with Gasteiger partial charge < -0.3 is 15.2 Å². The summed E-state index contributed by atoms with van der Waals surface area (Å²) in [5.74, 6) is 0.544. The molecule has 0 amide bonds. The molecule has 23 heavy (non-hydrogen) atoms. The standard InChI is InChI=1S/C8H7NOS2.C7H5NOS2/c1-11-8-9-6-4-5(10)2-3-7(6)12-8;9-4-1-2-6-5(3-4)8-7(10)11-6/h2-4,10H,1H3;1-3,9H,(H,8,10). The topological polar surface area (TPSA) is 69.1 Å². The summed E-state index contributed by atoms with van der Waals surface area (Å²) >= 11 is 9.72. The van der Waals surface area contributed by atoms with Gasteiger partial charge in [-0.3, -0.25) is 0 Å². The van der Waals surface area contributed by atoms with E-state index in [1.165, 1.54) is 11.3 Å². The molecular weight excluding hydrogens is 368 g/mol. The lowest BCUT2D eigenvalue weighted by atomic mass is 10.3. The van der Waals surface area contributed by atoms with E-state index in [1.807, 2.05) is 18.4 Å². The molecule has 4 rings (SSSR count). The van der Waals surface area contributed by atoms with Crippen LogP contribution < -0.4 is 0 Å². The molecule has 0 aliphatic heterocycles. The SMILES string of the molecule is CSc1nc2cc(O)ccc2s1.Oc1ccc2sc(=S)[nH]c2c1. The lowest BCUT2D eigenvalue weighted by molar-refractivity contribution is 0.475. The Balaban J connectivity index is 0.000000136. The van der Waals surface area contributed by atoms with Crippen molar-refractivity contribution >= 4 is 67.1 Å². The molecule has 0 atom stereocenters. The Morgan fingerprint density at radius 1 is 1.04 bits per heavy atom. The van der Waals surface area contributed by atoms with Gasteiger partial charge in [0, 0.05) is 12.1 Å². The molecule has 2 heterocycles. The normalized spacial score (nSPS) is 10.7. The molecule has 0 radical (unpaired) electrons. The van der Waals surface area contributed by atoms with Crippen molar-refractivity contribution in [2.45, 2.75) is 4.34 Å². The van der Waals surface area contributed by atoms with E-state index in [2.05, 4.69) is 9.97 Å². The fraction of sp³-hybridized carbons (Fsp3) is 0.0667. The Labute approximate surface area is 149 Å². The summed E-state index contributed by atoms with van der Waals surface area (Å²) in [5, 5.41) is 18.3. The number of hydrogen-bond donors (Lipinski definition) is 3. The van der Waals surface area contributed by atoms with Gasteiger partial charge in [0.2, 0.25) is 0 Å². The van der Waals surface area contributed by atoms with Crippen molar-refractivity contribution in [3.05, 3.63) is 40.4 Å². The average molecular weight is 381 g/mol. The van der Waals surface area contributed by atoms with Crippen LogP contribution in [0.15, 0.2) is 40.7 Å². The number of nitrogens with zero attached hydrogens (tertiary/aromatic N) is 1. The number of thioether (sulfide) groups is 1. The third kappa shape index (κ3) is 3.84. The number of fused-ring (bicyclic) bond motifs is 2. The minimum atomic E-state index is 0.265. The molecule has 2 aromatic carbocycles. The zero-order valence-corrected chi connectivity index (χ0v) is 15.2. The number of rotatable bonds is 1. The summed E-state index contributed by atoms with van der Waals surface area (Å²) in [7, 11) is 0. The fourth-order valence-corrected chi connectivity index (χ4v) is 4.49. The number of phenols is 2. The van der Waals surface area contributed by atoms with Crippen molar-refractivity contribution in [2.75, 3.05) is 6.26 Å². The fourth-order valence-electron chi connectivity index (χ4n) is 1.92. The number of benzene rings is 2. The van der Waals surface area contributed by atoms with Gasteiger partial charge in [0.1, 0.15) is 11.5 Å². The van der Waals surface area contributed by atoms with Gasteiger partial charge in [-0.15, -0.1) is 22.7 Å². The van der Waals surface area contributed by atoms with E-state index in [0.717, 1.165) is 28.7 Å². The highest BCUT2D eigenvalue weighted by Crippen LogP contribution is 2.29. The van der Waals surface area contributed by atoms with Crippen LogP contribution in [-0.2, 0) is 0 Å². The largest absolute Gasteiger partial charge is 0.508 e. The van der Waals surface area contributed by atoms with Gasteiger partial charge in [0.05, 0.1) is 20.4 Å². The number of aromatic nitrogens is 2. The highest BCUT2D eigenvalue weighted by molar-refractivity contribution is 8.00. The van der Waals surface area contributed by atoms with Crippen molar-refractivity contribution < 1.29 is 10.2 Å². The van der Waals surface area contributed by atoms with E-state index in [4.69, 9.17) is 17.3 Å². The summed E-state index contributed by atoms with van der Waals surface area (Å²) < 4.78 is 3.98. The van der Waals surface area contributed by atoms with Gasteiger partial charge in [-0.25, -0.2) is 4.98 Å². The van der Waals surface area contributed by atoms with Crippen LogP contribution in [0.4, 0.5) is 0 Å². The van der Waals surface area contributed by atoms with Crippen LogP contribution in [-0.4, -0.2) is 26.4 Å². The first kappa shape index (κ1) is 16.3. The predicted octanol–water partition coefficient (Wildman–Crippen LogP) is 5.39. The Bertz CT molecular complexity index is 1020. The quantitative estimate of drug-likeness (QED) is 0.305. The molecule has 0 aliphatic carbocycles. The Hall–Kier alpha value is -1.61. The molecule has 0 bridgehead atoms. The predicted molar refractivity (Wildman–Crippen MR) is 102 cm³/mol. The Kier molecular flexibility index (Phi) is 4.86. The number of nitrogens with one attached hydrogen (secondary N) is 1. The molecule has 4 aromatic rings. The van der Waals surface area contributed by atoms with Crippen LogP contribution in [0.2, 0.25) is 0 Å². The second-order valence-corrected chi connectivity index (χ2v) is 8.33. The first-order valence-electron chi connectivity index (χ1n) is 6.50. The molecule has 0 saturated heterocycles. The molecule has 0 saturated carbocycles. The summed E-state index contributed by atoms with van der Waals surface area (Å²) in [6, 6.07) is 10.4. The lowest BCUT2D eigenvalue weighted by Gasteiger charge is -1.88. The van der Waals surface area contributed by atoms with Gasteiger partial charge in [-0.1, -0.05) is 11.8 Å². The number of H-pyrrole nitrogens is 1. The van der Waals surface area contributed by atoms with Crippen molar-refractivity contribution in [2.24, 2.45) is 0 Å². The van der Waals surface area contributed by atoms with Crippen LogP contribution in [0.3, 0.4) is 0 Å². The van der Waals surface area contributed by atoms with E-state index in [1.54, 1.807) is 47.4 Å². The Morgan fingerprint density at radius 3 is 2.48 bits per heavy atom. The van der Waals surface area contributed by atoms with Gasteiger partial charge in [0.25, 0.3) is 0 Å². The van der Waals surface area contributed by atoms with E-state index in [0.29, 0.717) is 0 Å². The maximum Gasteiger partial charge on any atom is 0.159 e. The molecule has 2 aromatic heterocycles. The van der Waals surface area contributed by atoms with Gasteiger partial charge in [-0.05, 0) is 42.7 Å². The molecule has 0 spiro atoms. The van der Waals surface area contributed by atoms with Crippen molar-refractivity contribution in [1.82, 2.24) is 9.97 Å². The maximum absolute atomic E-state index is 9.17. The van der Waals surface area contributed by atoms with Gasteiger partial charge in [-0.2, -0.15) is 0 Å². The van der Waals surface area contributed by atoms with Crippen LogP contribution in [0.5, 0.6) is 11.5 Å². The van der Waals surface area contributed by atoms with Crippen LogP contribution in [0.25, 0.3) is 20.4 Å². The van der Waals surface area contributed by atoms with E-state index in [9.17, 15) is 5.11 Å². The zero-order valence-electron chi connectivity index (χ0n) is 11.9. The summed E-state index contributed by atoms with van der Waals surface area (Å²) in [5.41, 5.74) is 1.78. The minimum Gasteiger partial charge on any atom is -0.508 e. The molecule has 3 N–H and O–H groups in total. The van der Waals surface area contributed by atoms with E-state index < -0.39 is 0 Å². The first-order chi connectivity index (χ1) is 11.0. The number of thiazole rings is 2. The molecule has 0 aliphatic rings. The molecule has 4 nitrogen and oxygen atoms in total. The molecular formula is C15H12N2O2S4. The second kappa shape index (κ2) is 6.88. The highest BCUT2D eigenvalue weighted by Gasteiger charge is 2.02.